The van der Waals surface area contributed by atoms with Crippen LogP contribution in [0.2, 0.25) is 0 Å². The van der Waals surface area contributed by atoms with Crippen molar-refractivity contribution in [2.45, 2.75) is 321 Å². The van der Waals surface area contributed by atoms with Crippen LogP contribution in [0, 0.1) is 0 Å². The first-order valence-electron chi connectivity index (χ1n) is 28.3. The first-order valence-corrected chi connectivity index (χ1v) is 28.3. The van der Waals surface area contributed by atoms with Gasteiger partial charge in [-0.2, -0.15) is 0 Å². The van der Waals surface area contributed by atoms with Crippen molar-refractivity contribution in [1.29, 1.82) is 0 Å². The topological polar surface area (TPSA) is 89.8 Å². The first-order chi connectivity index (χ1) is 31.0. The third-order valence-electron chi connectivity index (χ3n) is 13.1. The molecule has 63 heavy (non-hydrogen) atoms. The van der Waals surface area contributed by atoms with E-state index >= 15 is 0 Å². The molecule has 1 amide bonds. The fourth-order valence-electron chi connectivity index (χ4n) is 8.82. The van der Waals surface area contributed by atoms with Gasteiger partial charge in [-0.05, 0) is 57.8 Å². The van der Waals surface area contributed by atoms with Gasteiger partial charge in [-0.3, -0.25) is 4.79 Å². The van der Waals surface area contributed by atoms with E-state index in [2.05, 4.69) is 43.5 Å². The summed E-state index contributed by atoms with van der Waals surface area (Å²) in [6.45, 7) is 4.23. The summed E-state index contributed by atoms with van der Waals surface area (Å²) in [5, 5.41) is 33.4. The molecule has 0 aromatic carbocycles. The molecule has 5 heteroatoms. The van der Waals surface area contributed by atoms with Gasteiger partial charge in [-0.15, -0.1) is 0 Å². The minimum atomic E-state index is -0.952. The van der Waals surface area contributed by atoms with E-state index in [4.69, 9.17) is 0 Å². The van der Waals surface area contributed by atoms with E-state index in [1.807, 2.05) is 6.08 Å². The lowest BCUT2D eigenvalue weighted by Gasteiger charge is -2.21. The summed E-state index contributed by atoms with van der Waals surface area (Å²) >= 11 is 0. The van der Waals surface area contributed by atoms with Crippen LogP contribution in [0.15, 0.2) is 36.5 Å². The number of carbonyl (C=O) groups excluding carboxylic acids is 1. The zero-order chi connectivity index (χ0) is 45.8. The molecular formula is C58H111NO4. The maximum atomic E-state index is 12.5. The van der Waals surface area contributed by atoms with Gasteiger partial charge in [0.1, 0.15) is 0 Å². The maximum Gasteiger partial charge on any atom is 0.222 e. The minimum absolute atomic E-state index is 0.00751. The lowest BCUT2D eigenvalue weighted by atomic mass is 10.0. The van der Waals surface area contributed by atoms with Crippen molar-refractivity contribution >= 4 is 5.91 Å². The van der Waals surface area contributed by atoms with Crippen LogP contribution in [0.3, 0.4) is 0 Å². The molecule has 0 saturated carbocycles. The van der Waals surface area contributed by atoms with Gasteiger partial charge in [0.2, 0.25) is 5.91 Å². The van der Waals surface area contributed by atoms with E-state index in [1.54, 1.807) is 6.08 Å². The van der Waals surface area contributed by atoms with Crippen LogP contribution in [-0.2, 0) is 4.79 Å². The summed E-state index contributed by atoms with van der Waals surface area (Å²) in [5.41, 5.74) is 0. The number of allylic oxidation sites excluding steroid dienone is 5. The summed E-state index contributed by atoms with van der Waals surface area (Å²) < 4.78 is 0. The van der Waals surface area contributed by atoms with Crippen molar-refractivity contribution in [2.75, 3.05) is 6.61 Å². The first kappa shape index (κ1) is 61.6. The molecule has 372 valence electrons. The van der Waals surface area contributed by atoms with Crippen molar-refractivity contribution in [3.63, 3.8) is 0 Å². The molecule has 0 bridgehead atoms. The van der Waals surface area contributed by atoms with Gasteiger partial charge in [-0.1, -0.05) is 275 Å². The molecular weight excluding hydrogens is 775 g/mol. The highest BCUT2D eigenvalue weighted by molar-refractivity contribution is 5.76. The monoisotopic (exact) mass is 886 g/mol. The zero-order valence-corrected chi connectivity index (χ0v) is 42.5. The Labute approximate surface area is 394 Å². The van der Waals surface area contributed by atoms with Crippen molar-refractivity contribution in [2.24, 2.45) is 0 Å². The SMILES string of the molecule is CCCCCCCCCCCCCC/C=C\CCCCCCCCCCCCCCCC(O)CC(=O)NC(CO)C(O)/C=C/CC/C=C/CCCCCCCCCCCCCCC. The Hall–Kier alpha value is -1.43. The number of amides is 1. The molecule has 0 aliphatic rings. The second kappa shape index (κ2) is 53.2. The Morgan fingerprint density at radius 1 is 0.397 bits per heavy atom. The van der Waals surface area contributed by atoms with Gasteiger partial charge >= 0.3 is 0 Å². The molecule has 0 heterocycles. The summed E-state index contributed by atoms with van der Waals surface area (Å²) in [5.74, 6) is -0.322. The summed E-state index contributed by atoms with van der Waals surface area (Å²) in [7, 11) is 0. The highest BCUT2D eigenvalue weighted by Gasteiger charge is 2.20. The van der Waals surface area contributed by atoms with E-state index in [9.17, 15) is 20.1 Å². The molecule has 0 aromatic rings. The predicted molar refractivity (Wildman–Crippen MR) is 278 cm³/mol. The van der Waals surface area contributed by atoms with E-state index in [0.717, 1.165) is 32.1 Å². The van der Waals surface area contributed by atoms with Gasteiger partial charge in [0.15, 0.2) is 0 Å². The Morgan fingerprint density at radius 2 is 0.683 bits per heavy atom. The largest absolute Gasteiger partial charge is 0.394 e. The normalized spacial score (nSPS) is 13.5. The summed E-state index contributed by atoms with van der Waals surface area (Å²) in [6.07, 6.45) is 69.1. The third kappa shape index (κ3) is 49.8. The van der Waals surface area contributed by atoms with Crippen molar-refractivity contribution < 1.29 is 20.1 Å². The van der Waals surface area contributed by atoms with Crippen LogP contribution in [0.5, 0.6) is 0 Å². The number of carbonyl (C=O) groups is 1. The molecule has 0 fully saturated rings. The second-order valence-corrected chi connectivity index (χ2v) is 19.5. The fraction of sp³-hybridized carbons (Fsp3) is 0.879. The Morgan fingerprint density at radius 3 is 1.02 bits per heavy atom. The van der Waals surface area contributed by atoms with Crippen LogP contribution in [0.25, 0.3) is 0 Å². The van der Waals surface area contributed by atoms with Crippen LogP contribution in [0.1, 0.15) is 303 Å². The van der Waals surface area contributed by atoms with E-state index in [-0.39, 0.29) is 18.9 Å². The standard InChI is InChI=1S/C58H111NO4/c1-3-5-7-9-11-13-15-17-19-21-23-24-25-26-27-28-29-30-31-32-34-35-37-39-41-43-45-47-49-51-55(61)53-58(63)59-56(54-60)57(62)52-50-48-46-44-42-40-38-36-33-22-20-18-16-14-12-10-8-6-4-2/h26-27,42,44,50,52,55-57,60-62H,3-25,28-41,43,45-49,51,53-54H2,1-2H3,(H,59,63)/b27-26-,44-42+,52-50+. The lowest BCUT2D eigenvalue weighted by Crippen LogP contribution is -2.45. The quantitative estimate of drug-likeness (QED) is 0.0362. The number of rotatable bonds is 52. The Kier molecular flexibility index (Phi) is 52.0. The Bertz CT molecular complexity index is 978. The molecule has 0 aromatic heterocycles. The van der Waals surface area contributed by atoms with Gasteiger partial charge in [0.25, 0.3) is 0 Å². The second-order valence-electron chi connectivity index (χ2n) is 19.5. The molecule has 3 unspecified atom stereocenters. The van der Waals surface area contributed by atoms with Crippen LogP contribution < -0.4 is 5.32 Å². The molecule has 0 rings (SSSR count). The highest BCUT2D eigenvalue weighted by Crippen LogP contribution is 2.17. The van der Waals surface area contributed by atoms with Gasteiger partial charge < -0.3 is 20.6 Å². The number of hydrogen-bond acceptors (Lipinski definition) is 4. The minimum Gasteiger partial charge on any atom is -0.394 e. The number of aliphatic hydroxyl groups excluding tert-OH is 3. The van der Waals surface area contributed by atoms with Crippen molar-refractivity contribution in [3.05, 3.63) is 36.5 Å². The molecule has 0 spiro atoms. The van der Waals surface area contributed by atoms with Crippen LogP contribution >= 0.6 is 0 Å². The number of hydrogen-bond donors (Lipinski definition) is 4. The molecule has 0 radical (unpaired) electrons. The summed E-state index contributed by atoms with van der Waals surface area (Å²) in [4.78, 5) is 12.5. The van der Waals surface area contributed by atoms with Crippen LogP contribution in [0.4, 0.5) is 0 Å². The van der Waals surface area contributed by atoms with Gasteiger partial charge in [0.05, 0.1) is 31.3 Å². The molecule has 4 N–H and O–H groups in total. The molecule has 5 nitrogen and oxygen atoms in total. The van der Waals surface area contributed by atoms with E-state index < -0.39 is 18.2 Å². The van der Waals surface area contributed by atoms with Crippen molar-refractivity contribution in [3.8, 4) is 0 Å². The number of unbranched alkanes of at least 4 members (excludes halogenated alkanes) is 39. The predicted octanol–water partition coefficient (Wildman–Crippen LogP) is 17.4. The average molecular weight is 887 g/mol. The van der Waals surface area contributed by atoms with E-state index in [1.165, 1.54) is 244 Å². The average Bonchev–Trinajstić information content (AvgIpc) is 3.28. The third-order valence-corrected chi connectivity index (χ3v) is 13.1. The zero-order valence-electron chi connectivity index (χ0n) is 42.5. The van der Waals surface area contributed by atoms with Crippen molar-refractivity contribution in [1.82, 2.24) is 5.32 Å². The molecule has 0 saturated heterocycles. The van der Waals surface area contributed by atoms with Gasteiger partial charge in [0, 0.05) is 0 Å². The Balaban J connectivity index is 3.57. The van der Waals surface area contributed by atoms with Gasteiger partial charge in [-0.25, -0.2) is 0 Å². The maximum absolute atomic E-state index is 12.5. The molecule has 3 atom stereocenters. The highest BCUT2D eigenvalue weighted by atomic mass is 16.3. The lowest BCUT2D eigenvalue weighted by molar-refractivity contribution is -0.124. The molecule has 0 aliphatic carbocycles. The number of aliphatic hydroxyl groups is 3. The molecule has 0 aliphatic heterocycles. The fourth-order valence-corrected chi connectivity index (χ4v) is 8.82. The smallest absolute Gasteiger partial charge is 0.222 e. The van der Waals surface area contributed by atoms with E-state index in [0.29, 0.717) is 6.42 Å². The van der Waals surface area contributed by atoms with Crippen LogP contribution in [-0.4, -0.2) is 46.1 Å². The number of nitrogens with one attached hydrogen (secondary N) is 1. The summed E-state index contributed by atoms with van der Waals surface area (Å²) in [6, 6.07) is -0.761.